The van der Waals surface area contributed by atoms with Crippen LogP contribution in [-0.4, -0.2) is 19.1 Å². The summed E-state index contributed by atoms with van der Waals surface area (Å²) in [5, 5.41) is 9.23. The number of hydrogen-bond acceptors (Lipinski definition) is 3. The van der Waals surface area contributed by atoms with E-state index in [1.165, 1.54) is 0 Å². The van der Waals surface area contributed by atoms with Crippen molar-refractivity contribution >= 4 is 11.0 Å². The van der Waals surface area contributed by atoms with Crippen LogP contribution in [0, 0.1) is 25.2 Å². The van der Waals surface area contributed by atoms with Crippen molar-refractivity contribution in [3.8, 4) is 17.3 Å². The Morgan fingerprint density at radius 3 is 2.45 bits per heavy atom. The van der Waals surface area contributed by atoms with Crippen LogP contribution in [0.3, 0.4) is 0 Å². The molecule has 2 heterocycles. The molecule has 1 aromatic carbocycles. The van der Waals surface area contributed by atoms with Gasteiger partial charge in [0.15, 0.2) is 5.69 Å². The van der Waals surface area contributed by atoms with Crippen molar-refractivity contribution in [3.63, 3.8) is 0 Å². The zero-order chi connectivity index (χ0) is 14.4. The van der Waals surface area contributed by atoms with E-state index < -0.39 is 0 Å². The molecule has 0 aliphatic carbocycles. The molecule has 20 heavy (non-hydrogen) atoms. The SMILES string of the molecule is Cc1nc(C#N)c(-c2ccc3c(c2)nc(C)n3C)n1C. The molecule has 0 unspecified atom stereocenters. The van der Waals surface area contributed by atoms with Gasteiger partial charge in [0.05, 0.1) is 16.7 Å². The lowest BCUT2D eigenvalue weighted by Crippen LogP contribution is -1.95. The normalized spacial score (nSPS) is 10.9. The van der Waals surface area contributed by atoms with E-state index in [1.807, 2.05) is 50.7 Å². The molecule has 5 nitrogen and oxygen atoms in total. The largest absolute Gasteiger partial charge is 0.331 e. The van der Waals surface area contributed by atoms with Gasteiger partial charge in [-0.1, -0.05) is 6.07 Å². The smallest absolute Gasteiger partial charge is 0.166 e. The van der Waals surface area contributed by atoms with Crippen molar-refractivity contribution in [1.82, 2.24) is 19.1 Å². The molecule has 5 heteroatoms. The minimum atomic E-state index is 0.456. The third-order valence-corrected chi connectivity index (χ3v) is 3.80. The molecular formula is C15H15N5. The van der Waals surface area contributed by atoms with E-state index in [-0.39, 0.29) is 0 Å². The average Bonchev–Trinajstić information content (AvgIpc) is 2.88. The molecule has 0 saturated carbocycles. The number of benzene rings is 1. The summed E-state index contributed by atoms with van der Waals surface area (Å²) >= 11 is 0. The van der Waals surface area contributed by atoms with Gasteiger partial charge in [-0.3, -0.25) is 0 Å². The van der Waals surface area contributed by atoms with Crippen molar-refractivity contribution in [1.29, 1.82) is 5.26 Å². The number of aryl methyl sites for hydroxylation is 3. The molecule has 3 rings (SSSR count). The van der Waals surface area contributed by atoms with Crippen molar-refractivity contribution < 1.29 is 0 Å². The quantitative estimate of drug-likeness (QED) is 0.679. The minimum Gasteiger partial charge on any atom is -0.331 e. The number of rotatable bonds is 1. The van der Waals surface area contributed by atoms with Gasteiger partial charge in [-0.2, -0.15) is 5.26 Å². The Bertz CT molecular complexity index is 861. The van der Waals surface area contributed by atoms with Gasteiger partial charge in [0.1, 0.15) is 17.7 Å². The van der Waals surface area contributed by atoms with E-state index in [1.54, 1.807) is 0 Å². The fraction of sp³-hybridized carbons (Fsp3) is 0.267. The zero-order valence-corrected chi connectivity index (χ0v) is 12.0. The van der Waals surface area contributed by atoms with Crippen LogP contribution in [-0.2, 0) is 14.1 Å². The summed E-state index contributed by atoms with van der Waals surface area (Å²) in [7, 11) is 3.92. The monoisotopic (exact) mass is 265 g/mol. The second-order valence-corrected chi connectivity index (χ2v) is 4.95. The van der Waals surface area contributed by atoms with Crippen LogP contribution in [0.15, 0.2) is 18.2 Å². The molecular weight excluding hydrogens is 250 g/mol. The highest BCUT2D eigenvalue weighted by Crippen LogP contribution is 2.27. The summed E-state index contributed by atoms with van der Waals surface area (Å²) < 4.78 is 3.99. The zero-order valence-electron chi connectivity index (χ0n) is 12.0. The number of fused-ring (bicyclic) bond motifs is 1. The standard InChI is InChI=1S/C15H15N5/c1-9-17-12-7-11(5-6-14(12)19(9)3)15-13(8-16)18-10(2)20(15)4/h5-7H,1-4H3. The molecule has 3 aromatic rings. The number of nitriles is 1. The molecule has 0 aliphatic heterocycles. The van der Waals surface area contributed by atoms with E-state index in [2.05, 4.69) is 20.6 Å². The Morgan fingerprint density at radius 1 is 1.05 bits per heavy atom. The predicted octanol–water partition coefficient (Wildman–Crippen LogP) is 2.46. The molecule has 0 radical (unpaired) electrons. The third-order valence-electron chi connectivity index (χ3n) is 3.80. The van der Waals surface area contributed by atoms with Crippen molar-refractivity contribution in [2.24, 2.45) is 14.1 Å². The maximum absolute atomic E-state index is 9.23. The van der Waals surface area contributed by atoms with Crippen LogP contribution >= 0.6 is 0 Å². The van der Waals surface area contributed by atoms with Crippen LogP contribution in [0.5, 0.6) is 0 Å². The number of hydrogen-bond donors (Lipinski definition) is 0. The number of nitrogens with zero attached hydrogens (tertiary/aromatic N) is 5. The molecule has 0 bridgehead atoms. The molecule has 0 saturated heterocycles. The predicted molar refractivity (Wildman–Crippen MR) is 77.1 cm³/mol. The summed E-state index contributed by atoms with van der Waals surface area (Å²) in [6.45, 7) is 3.88. The molecule has 0 atom stereocenters. The van der Waals surface area contributed by atoms with Crippen molar-refractivity contribution in [3.05, 3.63) is 35.5 Å². The van der Waals surface area contributed by atoms with Gasteiger partial charge in [-0.25, -0.2) is 9.97 Å². The maximum atomic E-state index is 9.23. The molecule has 0 N–H and O–H groups in total. The Hall–Kier alpha value is -2.61. The van der Waals surface area contributed by atoms with Crippen LogP contribution < -0.4 is 0 Å². The summed E-state index contributed by atoms with van der Waals surface area (Å²) in [4.78, 5) is 8.83. The lowest BCUT2D eigenvalue weighted by Gasteiger charge is -2.05. The van der Waals surface area contributed by atoms with Gasteiger partial charge in [-0.15, -0.1) is 0 Å². The van der Waals surface area contributed by atoms with E-state index in [9.17, 15) is 5.26 Å². The summed E-state index contributed by atoms with van der Waals surface area (Å²) in [6.07, 6.45) is 0. The second kappa shape index (κ2) is 4.20. The first-order valence-corrected chi connectivity index (χ1v) is 6.39. The number of aromatic nitrogens is 4. The van der Waals surface area contributed by atoms with Gasteiger partial charge >= 0.3 is 0 Å². The third kappa shape index (κ3) is 1.62. The molecule has 100 valence electrons. The topological polar surface area (TPSA) is 59.4 Å². The highest BCUT2D eigenvalue weighted by Gasteiger charge is 2.15. The Morgan fingerprint density at radius 2 is 1.75 bits per heavy atom. The first kappa shape index (κ1) is 12.4. The lowest BCUT2D eigenvalue weighted by molar-refractivity contribution is 0.865. The summed E-state index contributed by atoms with van der Waals surface area (Å²) in [5.74, 6) is 1.80. The fourth-order valence-corrected chi connectivity index (χ4v) is 2.49. The van der Waals surface area contributed by atoms with Crippen molar-refractivity contribution in [2.75, 3.05) is 0 Å². The van der Waals surface area contributed by atoms with E-state index in [4.69, 9.17) is 0 Å². The van der Waals surface area contributed by atoms with Crippen molar-refractivity contribution in [2.45, 2.75) is 13.8 Å². The van der Waals surface area contributed by atoms with E-state index in [0.717, 1.165) is 33.9 Å². The molecule has 0 aliphatic rings. The molecule has 0 spiro atoms. The van der Waals surface area contributed by atoms with Gasteiger partial charge in [0.25, 0.3) is 0 Å². The lowest BCUT2D eigenvalue weighted by atomic mass is 10.1. The van der Waals surface area contributed by atoms with E-state index in [0.29, 0.717) is 5.69 Å². The van der Waals surface area contributed by atoms with Crippen LogP contribution in [0.1, 0.15) is 17.3 Å². The summed E-state index contributed by atoms with van der Waals surface area (Å²) in [5.41, 5.74) is 4.29. The molecule has 2 aromatic heterocycles. The maximum Gasteiger partial charge on any atom is 0.166 e. The van der Waals surface area contributed by atoms with E-state index >= 15 is 0 Å². The van der Waals surface area contributed by atoms with Crippen LogP contribution in [0.2, 0.25) is 0 Å². The highest BCUT2D eigenvalue weighted by atomic mass is 15.1. The first-order chi connectivity index (χ1) is 9.52. The number of imidazole rings is 2. The average molecular weight is 265 g/mol. The first-order valence-electron chi connectivity index (χ1n) is 6.39. The fourth-order valence-electron chi connectivity index (χ4n) is 2.49. The minimum absolute atomic E-state index is 0.456. The van der Waals surface area contributed by atoms with Gasteiger partial charge < -0.3 is 9.13 Å². The van der Waals surface area contributed by atoms with Crippen LogP contribution in [0.4, 0.5) is 0 Å². The van der Waals surface area contributed by atoms with Gasteiger partial charge in [0.2, 0.25) is 0 Å². The Balaban J connectivity index is 2.28. The molecule has 0 fully saturated rings. The second-order valence-electron chi connectivity index (χ2n) is 4.95. The molecule has 0 amide bonds. The summed E-state index contributed by atoms with van der Waals surface area (Å²) in [6, 6.07) is 8.23. The van der Waals surface area contributed by atoms with Gasteiger partial charge in [0, 0.05) is 19.7 Å². The van der Waals surface area contributed by atoms with Gasteiger partial charge in [-0.05, 0) is 26.0 Å². The van der Waals surface area contributed by atoms with Crippen LogP contribution in [0.25, 0.3) is 22.3 Å². The highest BCUT2D eigenvalue weighted by molar-refractivity contribution is 5.83. The Labute approximate surface area is 117 Å². The Kier molecular flexibility index (Phi) is 2.61.